The topological polar surface area (TPSA) is 145 Å². The van der Waals surface area contributed by atoms with Crippen molar-refractivity contribution in [1.82, 2.24) is 9.55 Å². The fourth-order valence-electron chi connectivity index (χ4n) is 5.03. The van der Waals surface area contributed by atoms with Gasteiger partial charge in [0.05, 0.1) is 21.6 Å². The Balaban J connectivity index is 1.38. The number of hydrogen-bond acceptors (Lipinski definition) is 9. The van der Waals surface area contributed by atoms with Crippen LogP contribution in [0.4, 0.5) is 21.5 Å². The molecule has 0 aliphatic carbocycles. The van der Waals surface area contributed by atoms with Crippen LogP contribution in [0.25, 0.3) is 0 Å². The average molecular weight is 592 g/mol. The van der Waals surface area contributed by atoms with Gasteiger partial charge in [0, 0.05) is 41.0 Å². The number of aromatic nitrogens is 2. The lowest BCUT2D eigenvalue weighted by molar-refractivity contribution is -0.384. The number of nitrogens with one attached hydrogen (secondary N) is 1. The fraction of sp³-hybridized carbons (Fsp3) is 0.148. The van der Waals surface area contributed by atoms with E-state index in [9.17, 15) is 33.7 Å². The quantitative estimate of drug-likeness (QED) is 0.203. The zero-order valence-corrected chi connectivity index (χ0v) is 22.4. The van der Waals surface area contributed by atoms with Gasteiger partial charge >= 0.3 is 4.87 Å². The normalized spacial score (nSPS) is 19.5. The van der Waals surface area contributed by atoms with Crippen molar-refractivity contribution in [2.75, 3.05) is 10.2 Å². The number of halogens is 1. The highest BCUT2D eigenvalue weighted by Gasteiger charge is 2.57. The zero-order valence-electron chi connectivity index (χ0n) is 20.8. The number of amides is 3. The monoisotopic (exact) mass is 591 g/mol. The number of nitro benzene ring substituents is 1. The van der Waals surface area contributed by atoms with Gasteiger partial charge in [-0.25, -0.2) is 9.29 Å². The van der Waals surface area contributed by atoms with Crippen LogP contribution in [-0.4, -0.2) is 37.4 Å². The number of non-ortho nitro benzene ring substituents is 1. The summed E-state index contributed by atoms with van der Waals surface area (Å²) in [6.07, 6.45) is 3.14. The molecule has 14 heteroatoms. The van der Waals surface area contributed by atoms with E-state index in [0.717, 1.165) is 28.0 Å². The second-order valence-electron chi connectivity index (χ2n) is 9.29. The van der Waals surface area contributed by atoms with Crippen molar-refractivity contribution < 1.29 is 23.7 Å². The summed E-state index contributed by atoms with van der Waals surface area (Å²) in [6.45, 7) is -0.361. The zero-order chi connectivity index (χ0) is 28.8. The van der Waals surface area contributed by atoms with Crippen molar-refractivity contribution in [3.63, 3.8) is 0 Å². The van der Waals surface area contributed by atoms with E-state index in [-0.39, 0.29) is 17.9 Å². The molecule has 4 aromatic rings. The number of fused-ring (bicyclic) bond motifs is 2. The largest absolute Gasteiger partial charge is 0.325 e. The van der Waals surface area contributed by atoms with E-state index in [1.807, 2.05) is 0 Å². The maximum atomic E-state index is 13.8. The van der Waals surface area contributed by atoms with Crippen molar-refractivity contribution in [1.29, 1.82) is 0 Å². The van der Waals surface area contributed by atoms with Gasteiger partial charge in [-0.1, -0.05) is 29.2 Å². The highest BCUT2D eigenvalue weighted by Crippen LogP contribution is 2.53. The first-order valence-corrected chi connectivity index (χ1v) is 13.9. The molecule has 0 unspecified atom stereocenters. The number of carbonyl (C=O) groups is 3. The van der Waals surface area contributed by atoms with Crippen LogP contribution in [0, 0.1) is 21.8 Å². The van der Waals surface area contributed by atoms with Crippen LogP contribution >= 0.6 is 23.1 Å². The van der Waals surface area contributed by atoms with E-state index in [2.05, 4.69) is 10.3 Å². The summed E-state index contributed by atoms with van der Waals surface area (Å²) in [5, 5.41) is 13.2. The molecule has 2 aromatic heterocycles. The Morgan fingerprint density at radius 3 is 2.44 bits per heavy atom. The number of thioether (sulfide) groups is 1. The molecule has 1 fully saturated rings. The minimum absolute atomic E-state index is 0.182. The summed E-state index contributed by atoms with van der Waals surface area (Å²) in [5.74, 6) is -3.58. The average Bonchev–Trinajstić information content (AvgIpc) is 3.40. The smallest absolute Gasteiger partial charge is 0.308 e. The first-order valence-electron chi connectivity index (χ1n) is 12.2. The van der Waals surface area contributed by atoms with Crippen LogP contribution in [0.3, 0.4) is 0 Å². The van der Waals surface area contributed by atoms with Crippen molar-refractivity contribution in [3.05, 3.63) is 109 Å². The molecule has 0 bridgehead atoms. The Kier molecular flexibility index (Phi) is 6.71. The molecular formula is C27H18FN5O6S2. The van der Waals surface area contributed by atoms with Crippen molar-refractivity contribution in [2.45, 2.75) is 22.7 Å². The number of nitro groups is 1. The Morgan fingerprint density at radius 2 is 1.78 bits per heavy atom. The van der Waals surface area contributed by atoms with Gasteiger partial charge in [-0.05, 0) is 48.0 Å². The second-order valence-corrected chi connectivity index (χ2v) is 11.4. The lowest BCUT2D eigenvalue weighted by atomic mass is 9.84. The predicted octanol–water partition coefficient (Wildman–Crippen LogP) is 3.79. The molecule has 6 rings (SSSR count). The number of thiazole rings is 1. The van der Waals surface area contributed by atoms with Gasteiger partial charge in [0.15, 0.2) is 0 Å². The van der Waals surface area contributed by atoms with E-state index in [1.54, 1.807) is 24.5 Å². The van der Waals surface area contributed by atoms with Gasteiger partial charge in [-0.3, -0.25) is 38.8 Å². The number of hydrogen-bond donors (Lipinski definition) is 1. The maximum Gasteiger partial charge on any atom is 0.308 e. The van der Waals surface area contributed by atoms with E-state index in [4.69, 9.17) is 0 Å². The fourth-order valence-corrected chi connectivity index (χ4v) is 7.80. The van der Waals surface area contributed by atoms with Gasteiger partial charge in [0.1, 0.15) is 17.6 Å². The standard InChI is InChI=1S/C27H18FN5O6S2/c28-15-3-5-16(6-4-15)30-19(34)13-31-26-23(41-27(31)37)20(14-2-1-11-29-12-14)21-22(40-26)25(36)32(24(21)35)17-7-9-18(10-8-17)33(38)39/h1-12,20-22H,13H2,(H,30,34)/t20-,21-,22+/m0/s1. The van der Waals surface area contributed by atoms with Crippen LogP contribution in [0.2, 0.25) is 0 Å². The number of pyridine rings is 1. The predicted molar refractivity (Wildman–Crippen MR) is 148 cm³/mol. The first-order chi connectivity index (χ1) is 19.7. The number of imide groups is 1. The lowest BCUT2D eigenvalue weighted by Gasteiger charge is -2.30. The Bertz CT molecular complexity index is 1760. The summed E-state index contributed by atoms with van der Waals surface area (Å²) in [7, 11) is 0. The third-order valence-corrected chi connectivity index (χ3v) is 9.44. The molecule has 0 spiro atoms. The summed E-state index contributed by atoms with van der Waals surface area (Å²) in [4.78, 5) is 69.4. The number of carbonyl (C=O) groups excluding carboxylic acids is 3. The SMILES string of the molecule is O=C(Cn1c2c(sc1=O)[C@@H](c1cccnc1)[C@@H]1C(=O)N(c3ccc([N+](=O)[O-])cc3)C(=O)[C@@H]1S2)Nc1ccc(F)cc1. The van der Waals surface area contributed by atoms with Crippen molar-refractivity contribution >= 4 is 57.9 Å². The van der Waals surface area contributed by atoms with Gasteiger partial charge < -0.3 is 5.32 Å². The van der Waals surface area contributed by atoms with Crippen molar-refractivity contribution in [3.8, 4) is 0 Å². The Labute approximate surface area is 238 Å². The molecular weight excluding hydrogens is 573 g/mol. The molecule has 1 N–H and O–H groups in total. The van der Waals surface area contributed by atoms with Crippen molar-refractivity contribution in [2.24, 2.45) is 5.92 Å². The molecule has 4 heterocycles. The highest BCUT2D eigenvalue weighted by molar-refractivity contribution is 8.00. The second kappa shape index (κ2) is 10.4. The summed E-state index contributed by atoms with van der Waals surface area (Å²) < 4.78 is 14.5. The summed E-state index contributed by atoms with van der Waals surface area (Å²) >= 11 is 1.94. The molecule has 0 radical (unpaired) electrons. The first kappa shape index (κ1) is 26.5. The minimum atomic E-state index is -0.921. The van der Waals surface area contributed by atoms with E-state index >= 15 is 0 Å². The third kappa shape index (κ3) is 4.70. The van der Waals surface area contributed by atoms with Gasteiger partial charge in [0.25, 0.3) is 5.69 Å². The highest BCUT2D eigenvalue weighted by atomic mass is 32.2. The van der Waals surface area contributed by atoms with Crippen LogP contribution < -0.4 is 15.1 Å². The number of rotatable bonds is 6. The van der Waals surface area contributed by atoms with Crippen LogP contribution in [0.15, 0.2) is 82.9 Å². The van der Waals surface area contributed by atoms with Crippen LogP contribution in [-0.2, 0) is 20.9 Å². The van der Waals surface area contributed by atoms with E-state index in [1.165, 1.54) is 53.1 Å². The number of nitrogens with zero attached hydrogens (tertiary/aromatic N) is 4. The molecule has 11 nitrogen and oxygen atoms in total. The summed E-state index contributed by atoms with van der Waals surface area (Å²) in [6, 6.07) is 13.8. The maximum absolute atomic E-state index is 13.8. The Morgan fingerprint density at radius 1 is 1.05 bits per heavy atom. The van der Waals surface area contributed by atoms with E-state index in [0.29, 0.717) is 21.2 Å². The molecule has 1 saturated heterocycles. The Hall–Kier alpha value is -4.69. The molecule has 2 aliphatic heterocycles. The van der Waals surface area contributed by atoms with E-state index < -0.39 is 50.4 Å². The number of anilines is 2. The minimum Gasteiger partial charge on any atom is -0.325 e. The number of benzene rings is 2. The molecule has 3 amide bonds. The van der Waals surface area contributed by atoms with Crippen LogP contribution in [0.1, 0.15) is 16.4 Å². The van der Waals surface area contributed by atoms with Gasteiger partial charge in [-0.15, -0.1) is 0 Å². The molecule has 0 saturated carbocycles. The van der Waals surface area contributed by atoms with Gasteiger partial charge in [-0.2, -0.15) is 0 Å². The summed E-state index contributed by atoms with van der Waals surface area (Å²) in [5.41, 5.74) is 0.993. The molecule has 2 aromatic carbocycles. The third-order valence-electron chi connectivity index (χ3n) is 6.84. The van der Waals surface area contributed by atoms with Crippen LogP contribution in [0.5, 0.6) is 0 Å². The van der Waals surface area contributed by atoms with Gasteiger partial charge in [0.2, 0.25) is 17.7 Å². The molecule has 206 valence electrons. The molecule has 41 heavy (non-hydrogen) atoms. The lowest BCUT2D eigenvalue weighted by Crippen LogP contribution is -2.33. The molecule has 3 atom stereocenters. The molecule has 2 aliphatic rings.